The number of piperidine rings is 1. The summed E-state index contributed by atoms with van der Waals surface area (Å²) in [5.41, 5.74) is 14.5. The first kappa shape index (κ1) is 33.2. The van der Waals surface area contributed by atoms with E-state index in [1.54, 1.807) is 41.4 Å². The predicted molar refractivity (Wildman–Crippen MR) is 182 cm³/mol. The average Bonchev–Trinajstić information content (AvgIpc) is 3.51. The van der Waals surface area contributed by atoms with Crippen molar-refractivity contribution in [3.05, 3.63) is 77.9 Å². The third kappa shape index (κ3) is 7.70. The molecule has 3 atom stereocenters. The van der Waals surface area contributed by atoms with E-state index in [1.165, 1.54) is 0 Å². The molecular formula is C33H42FN11O3. The summed E-state index contributed by atoms with van der Waals surface area (Å²) in [5, 5.41) is 25.4. The summed E-state index contributed by atoms with van der Waals surface area (Å²) in [4.78, 5) is 15.2. The molecule has 1 unspecified atom stereocenters. The van der Waals surface area contributed by atoms with Crippen LogP contribution in [0.25, 0.3) is 0 Å². The highest BCUT2D eigenvalue weighted by atomic mass is 19.1. The summed E-state index contributed by atoms with van der Waals surface area (Å²) in [6, 6.07) is 15.7. The second-order valence-electron chi connectivity index (χ2n) is 12.1. The number of amidine groups is 1. The maximum absolute atomic E-state index is 15.2. The number of hydrogen-bond donors (Lipinski definition) is 5. The number of nitrogens with one attached hydrogen (secondary N) is 3. The largest absolute Gasteiger partial charge is 0.486 e. The molecule has 0 aromatic heterocycles. The van der Waals surface area contributed by atoms with Gasteiger partial charge in [0.25, 0.3) is 0 Å². The fourth-order valence-electron chi connectivity index (χ4n) is 6.13. The van der Waals surface area contributed by atoms with E-state index >= 15 is 4.39 Å². The summed E-state index contributed by atoms with van der Waals surface area (Å²) in [7, 11) is 1.78. The number of nitrogens with two attached hydrogens (primary N) is 1. The summed E-state index contributed by atoms with van der Waals surface area (Å²) < 4.78 is 26.6. The molecule has 6 rings (SSSR count). The number of ether oxygens (including phenoxy) is 2. The van der Waals surface area contributed by atoms with Gasteiger partial charge in [-0.2, -0.15) is 5.26 Å². The number of aliphatic imine (C=N–C) groups is 2. The van der Waals surface area contributed by atoms with Gasteiger partial charge in [-0.15, -0.1) is 5.53 Å². The van der Waals surface area contributed by atoms with Crippen LogP contribution in [-0.2, 0) is 4.74 Å². The van der Waals surface area contributed by atoms with E-state index in [0.717, 1.165) is 57.1 Å². The van der Waals surface area contributed by atoms with Gasteiger partial charge < -0.3 is 36.0 Å². The van der Waals surface area contributed by atoms with E-state index in [-0.39, 0.29) is 23.7 Å². The minimum absolute atomic E-state index is 0.0258. The monoisotopic (exact) mass is 659 g/mol. The van der Waals surface area contributed by atoms with E-state index < -0.39 is 18.5 Å². The Labute approximate surface area is 279 Å². The van der Waals surface area contributed by atoms with Crippen LogP contribution < -0.4 is 31.6 Å². The van der Waals surface area contributed by atoms with E-state index in [9.17, 15) is 10.4 Å². The Morgan fingerprint density at radius 2 is 1.98 bits per heavy atom. The Bertz CT molecular complexity index is 1580. The van der Waals surface area contributed by atoms with Gasteiger partial charge in [0.2, 0.25) is 0 Å². The lowest BCUT2D eigenvalue weighted by atomic mass is 10.0. The molecule has 6 N–H and O–H groups in total. The van der Waals surface area contributed by atoms with Crippen molar-refractivity contribution in [2.24, 2.45) is 15.7 Å². The smallest absolute Gasteiger partial charge is 0.163 e. The number of likely N-dealkylation sites (tertiary alicyclic amines) is 1. The molecule has 0 saturated carbocycles. The van der Waals surface area contributed by atoms with Gasteiger partial charge in [-0.1, -0.05) is 6.58 Å². The van der Waals surface area contributed by atoms with Crippen molar-refractivity contribution in [1.82, 2.24) is 25.8 Å². The molecule has 2 aromatic carbocycles. The van der Waals surface area contributed by atoms with Crippen molar-refractivity contribution in [2.45, 2.75) is 31.0 Å². The number of halogens is 1. The number of nitriles is 1. The first-order valence-corrected chi connectivity index (χ1v) is 16.0. The third-order valence-electron chi connectivity index (χ3n) is 8.89. The normalized spacial score (nSPS) is 23.3. The van der Waals surface area contributed by atoms with Crippen LogP contribution >= 0.6 is 0 Å². The molecule has 0 amide bonds. The van der Waals surface area contributed by atoms with Crippen molar-refractivity contribution in [2.75, 3.05) is 69.7 Å². The molecule has 0 radical (unpaired) electrons. The van der Waals surface area contributed by atoms with E-state index in [4.69, 9.17) is 15.2 Å². The average molecular weight is 660 g/mol. The Morgan fingerprint density at radius 1 is 1.21 bits per heavy atom. The molecule has 4 aliphatic rings. The lowest BCUT2D eigenvalue weighted by molar-refractivity contribution is -0.0660. The zero-order valence-corrected chi connectivity index (χ0v) is 26.9. The molecule has 0 aliphatic carbocycles. The third-order valence-corrected chi connectivity index (χ3v) is 8.89. The first-order chi connectivity index (χ1) is 23.3. The first-order valence-electron chi connectivity index (χ1n) is 16.0. The van der Waals surface area contributed by atoms with Gasteiger partial charge >= 0.3 is 0 Å². The number of nitrogens with zero attached hydrogens (tertiary/aromatic N) is 7. The quantitative estimate of drug-likeness (QED) is 0.184. The fraction of sp³-hybridized carbons (Fsp3) is 0.424. The van der Waals surface area contributed by atoms with Crippen LogP contribution in [0.1, 0.15) is 17.5 Å². The van der Waals surface area contributed by atoms with Crippen molar-refractivity contribution < 1.29 is 19.0 Å². The van der Waals surface area contributed by atoms with Crippen LogP contribution in [0.2, 0.25) is 0 Å². The minimum atomic E-state index is -1.38. The zero-order chi connectivity index (χ0) is 33.6. The standard InChI is InChI=1S/C33H42FN11O3/c1-22(38-25-4-6-26(7-5-25)43-11-13-44(14-12-43)27-19-47-20-27)39-32(37-21-36)23-3-8-30(24(15-23)16-35)48-31-9-10-45(17-28(31)34)33(46)29-18-42(2)41-40-29/h3-8,15,18,21,27-28,31,33,38,40-41,46H,1,9-14,17,19-20H2,2H3,(H2,36,37,39)/t28-,31+,33?/m1/s1. The van der Waals surface area contributed by atoms with Gasteiger partial charge in [0.15, 0.2) is 12.1 Å². The number of anilines is 2. The van der Waals surface area contributed by atoms with Crippen molar-refractivity contribution in [3.8, 4) is 11.8 Å². The highest BCUT2D eigenvalue weighted by Gasteiger charge is 2.36. The second-order valence-corrected chi connectivity index (χ2v) is 12.1. The SMILES string of the molecule is C=C(/N=C(\N=C/N)c1ccc(O[C@H]2CCN(C(O)C3=CN(C)NN3)C[C@H]2F)c(C#N)c1)Nc1ccc(N2CCN(C3COC3)CC2)cc1. The van der Waals surface area contributed by atoms with Gasteiger partial charge in [0.1, 0.15) is 29.9 Å². The lowest BCUT2D eigenvalue weighted by Crippen LogP contribution is -2.56. The van der Waals surface area contributed by atoms with E-state index in [1.807, 2.05) is 12.1 Å². The highest BCUT2D eigenvalue weighted by molar-refractivity contribution is 6.03. The highest BCUT2D eigenvalue weighted by Crippen LogP contribution is 2.28. The predicted octanol–water partition coefficient (Wildman–Crippen LogP) is 1.30. The molecule has 14 nitrogen and oxygen atoms in total. The Kier molecular flexibility index (Phi) is 10.4. The van der Waals surface area contributed by atoms with E-state index in [2.05, 4.69) is 60.8 Å². The van der Waals surface area contributed by atoms with Gasteiger partial charge in [0.05, 0.1) is 36.9 Å². The van der Waals surface area contributed by atoms with Crippen LogP contribution in [0.15, 0.2) is 76.7 Å². The molecule has 254 valence electrons. The van der Waals surface area contributed by atoms with Gasteiger partial charge in [-0.05, 0) is 42.5 Å². The minimum Gasteiger partial charge on any atom is -0.486 e. The van der Waals surface area contributed by atoms with Gasteiger partial charge in [-0.25, -0.2) is 14.4 Å². The fourth-order valence-corrected chi connectivity index (χ4v) is 6.13. The summed E-state index contributed by atoms with van der Waals surface area (Å²) in [5.74, 6) is 0.823. The zero-order valence-electron chi connectivity index (χ0n) is 26.9. The Morgan fingerprint density at radius 3 is 2.60 bits per heavy atom. The number of benzene rings is 2. The molecule has 0 bridgehead atoms. The Balaban J connectivity index is 1.06. The molecule has 15 heteroatoms. The molecule has 2 aromatic rings. The number of aliphatic hydroxyl groups is 1. The summed E-state index contributed by atoms with van der Waals surface area (Å²) >= 11 is 0. The molecule has 3 saturated heterocycles. The van der Waals surface area contributed by atoms with Crippen LogP contribution in [0, 0.1) is 11.3 Å². The maximum Gasteiger partial charge on any atom is 0.163 e. The molecule has 4 heterocycles. The molecular weight excluding hydrogens is 617 g/mol. The van der Waals surface area contributed by atoms with Gasteiger partial charge in [-0.3, -0.25) is 14.8 Å². The maximum atomic E-state index is 15.2. The number of alkyl halides is 1. The van der Waals surface area contributed by atoms with Crippen LogP contribution in [0.5, 0.6) is 5.75 Å². The topological polar surface area (TPSA) is 162 Å². The van der Waals surface area contributed by atoms with Crippen LogP contribution in [0.4, 0.5) is 15.8 Å². The number of piperazine rings is 1. The van der Waals surface area contributed by atoms with Crippen molar-refractivity contribution >= 4 is 23.5 Å². The lowest BCUT2D eigenvalue weighted by Gasteiger charge is -2.43. The number of hydrazine groups is 2. The van der Waals surface area contributed by atoms with Crippen molar-refractivity contribution in [3.63, 3.8) is 0 Å². The molecule has 4 aliphatic heterocycles. The van der Waals surface area contributed by atoms with Crippen LogP contribution in [-0.4, -0.2) is 116 Å². The van der Waals surface area contributed by atoms with Crippen LogP contribution in [0.3, 0.4) is 0 Å². The molecule has 3 fully saturated rings. The number of aliphatic hydroxyl groups excluding tert-OH is 1. The summed E-state index contributed by atoms with van der Waals surface area (Å²) in [6.07, 6.45) is -0.00517. The Hall–Kier alpha value is -4.72. The van der Waals surface area contributed by atoms with Gasteiger partial charge in [0, 0.05) is 75.9 Å². The van der Waals surface area contributed by atoms with Crippen molar-refractivity contribution in [1.29, 1.82) is 5.26 Å². The summed E-state index contributed by atoms with van der Waals surface area (Å²) in [6.45, 7) is 10.1. The molecule has 0 spiro atoms. The number of rotatable bonds is 10. The number of hydrogen-bond acceptors (Lipinski definition) is 12. The second kappa shape index (κ2) is 15.0. The molecule has 48 heavy (non-hydrogen) atoms. The van der Waals surface area contributed by atoms with E-state index in [0.29, 0.717) is 36.1 Å².